The van der Waals surface area contributed by atoms with E-state index in [9.17, 15) is 18.8 Å². The highest BCUT2D eigenvalue weighted by Crippen LogP contribution is 2.22. The van der Waals surface area contributed by atoms with E-state index in [2.05, 4.69) is 5.32 Å². The second-order valence-corrected chi connectivity index (χ2v) is 7.46. The van der Waals surface area contributed by atoms with Gasteiger partial charge in [0.15, 0.2) is 0 Å². The zero-order valence-corrected chi connectivity index (χ0v) is 17.3. The Kier molecular flexibility index (Phi) is 6.64. The molecule has 0 unspecified atom stereocenters. The average molecular weight is 431 g/mol. The van der Waals surface area contributed by atoms with E-state index in [1.54, 1.807) is 0 Å². The van der Waals surface area contributed by atoms with Crippen LogP contribution in [-0.2, 0) is 0 Å². The number of amides is 1. The Morgan fingerprint density at radius 2 is 1.83 bits per heavy atom. The molecule has 0 saturated carbocycles. The molecule has 1 amide bonds. The van der Waals surface area contributed by atoms with Gasteiger partial charge in [0.1, 0.15) is 17.0 Å². The third-order valence-electron chi connectivity index (χ3n) is 4.46. The maximum absolute atomic E-state index is 13.2. The van der Waals surface area contributed by atoms with Crippen LogP contribution in [-0.4, -0.2) is 43.8 Å². The van der Waals surface area contributed by atoms with Gasteiger partial charge in [-0.2, -0.15) is 0 Å². The third-order valence-corrected chi connectivity index (χ3v) is 4.69. The lowest BCUT2D eigenvalue weighted by atomic mass is 10.00. The lowest BCUT2D eigenvalue weighted by Crippen LogP contribution is -2.31. The predicted molar refractivity (Wildman–Crippen MR) is 113 cm³/mol. The molecule has 3 rings (SSSR count). The molecule has 0 atom stereocenters. The lowest BCUT2D eigenvalue weighted by molar-refractivity contribution is 0.0912. The van der Waals surface area contributed by atoms with E-state index in [1.165, 1.54) is 30.3 Å². The first kappa shape index (κ1) is 21.7. The minimum absolute atomic E-state index is 0.0618. The summed E-state index contributed by atoms with van der Waals surface area (Å²) < 4.78 is 18.9. The molecule has 0 radical (unpaired) electrons. The molecular formula is C22H20ClFN2O4. The molecule has 0 aliphatic rings. The van der Waals surface area contributed by atoms with Crippen LogP contribution < -0.4 is 10.7 Å². The van der Waals surface area contributed by atoms with E-state index >= 15 is 0 Å². The highest BCUT2D eigenvalue weighted by molar-refractivity contribution is 6.31. The molecule has 8 heteroatoms. The number of nitrogens with one attached hydrogen (secondary N) is 1. The summed E-state index contributed by atoms with van der Waals surface area (Å²) in [6.07, 6.45) is 0.674. The van der Waals surface area contributed by atoms with Crippen LogP contribution in [0.3, 0.4) is 0 Å². The van der Waals surface area contributed by atoms with Crippen LogP contribution in [0.1, 0.15) is 32.9 Å². The molecule has 0 aliphatic carbocycles. The summed E-state index contributed by atoms with van der Waals surface area (Å²) in [5, 5.41) is 3.05. The van der Waals surface area contributed by atoms with Gasteiger partial charge >= 0.3 is 0 Å². The highest BCUT2D eigenvalue weighted by Gasteiger charge is 2.26. The van der Waals surface area contributed by atoms with Gasteiger partial charge in [0, 0.05) is 17.1 Å². The topological polar surface area (TPSA) is 79.6 Å². The smallest absolute Gasteiger partial charge is 0.287 e. The number of benzene rings is 2. The number of carbonyl (C=O) groups excluding carboxylic acids is 2. The minimum atomic E-state index is -0.732. The molecular weight excluding hydrogens is 411 g/mol. The number of halogens is 2. The molecule has 1 N–H and O–H groups in total. The first-order valence-electron chi connectivity index (χ1n) is 9.27. The first-order valence-corrected chi connectivity index (χ1v) is 9.65. The predicted octanol–water partition coefficient (Wildman–Crippen LogP) is 3.50. The summed E-state index contributed by atoms with van der Waals surface area (Å²) in [5.41, 5.74) is -0.891. The molecule has 0 saturated heterocycles. The number of rotatable bonds is 7. The monoisotopic (exact) mass is 430 g/mol. The maximum atomic E-state index is 13.2. The van der Waals surface area contributed by atoms with E-state index in [0.29, 0.717) is 13.0 Å². The van der Waals surface area contributed by atoms with Crippen LogP contribution >= 0.6 is 11.6 Å². The van der Waals surface area contributed by atoms with E-state index in [0.717, 1.165) is 18.7 Å². The van der Waals surface area contributed by atoms with Gasteiger partial charge in [-0.25, -0.2) is 4.39 Å². The van der Waals surface area contributed by atoms with Crippen LogP contribution in [0.25, 0.3) is 11.0 Å². The van der Waals surface area contributed by atoms with Crippen LogP contribution in [0.4, 0.5) is 4.39 Å². The number of carbonyl (C=O) groups is 2. The van der Waals surface area contributed by atoms with Crippen LogP contribution in [0.15, 0.2) is 51.7 Å². The van der Waals surface area contributed by atoms with E-state index in [4.69, 9.17) is 16.0 Å². The third kappa shape index (κ3) is 4.75. The normalized spacial score (nSPS) is 11.1. The van der Waals surface area contributed by atoms with Crippen molar-refractivity contribution in [3.8, 4) is 0 Å². The number of ketones is 1. The molecule has 0 aliphatic heterocycles. The van der Waals surface area contributed by atoms with Crippen molar-refractivity contribution < 1.29 is 18.4 Å². The second kappa shape index (κ2) is 9.19. The Morgan fingerprint density at radius 3 is 2.50 bits per heavy atom. The van der Waals surface area contributed by atoms with Gasteiger partial charge in [0.2, 0.25) is 17.0 Å². The van der Waals surface area contributed by atoms with Crippen LogP contribution in [0.2, 0.25) is 5.02 Å². The Balaban J connectivity index is 2.07. The summed E-state index contributed by atoms with van der Waals surface area (Å²) in [6.45, 7) is 1.09. The largest absolute Gasteiger partial charge is 0.450 e. The zero-order chi connectivity index (χ0) is 21.8. The molecule has 0 spiro atoms. The van der Waals surface area contributed by atoms with Gasteiger partial charge in [-0.05, 0) is 69.5 Å². The molecule has 6 nitrogen and oxygen atoms in total. The zero-order valence-electron chi connectivity index (χ0n) is 16.5. The number of fused-ring (bicyclic) bond motifs is 1. The molecule has 0 bridgehead atoms. The van der Waals surface area contributed by atoms with Crippen LogP contribution in [0.5, 0.6) is 0 Å². The molecule has 3 aromatic rings. The molecule has 2 aromatic carbocycles. The summed E-state index contributed by atoms with van der Waals surface area (Å²) in [4.78, 5) is 40.9. The van der Waals surface area contributed by atoms with E-state index < -0.39 is 28.5 Å². The fraction of sp³-hybridized carbons (Fsp3) is 0.227. The standard InChI is InChI=1S/C22H20ClFN2O4/c1-26(2)11-3-10-25-22(29)21-18(19(27)13-4-7-15(24)8-5-13)20(28)16-12-14(23)6-9-17(16)30-21/h4-9,12H,3,10-11H2,1-2H3,(H,25,29). The van der Waals surface area contributed by atoms with Gasteiger partial charge in [0.25, 0.3) is 5.91 Å². The SMILES string of the molecule is CN(C)CCCNC(=O)c1oc2ccc(Cl)cc2c(=O)c1C(=O)c1ccc(F)cc1. The van der Waals surface area contributed by atoms with Crippen LogP contribution in [0, 0.1) is 5.82 Å². The molecule has 1 aromatic heterocycles. The van der Waals surface area contributed by atoms with Crippen molar-refractivity contribution in [1.29, 1.82) is 0 Å². The van der Waals surface area contributed by atoms with Gasteiger partial charge in [-0.3, -0.25) is 14.4 Å². The second-order valence-electron chi connectivity index (χ2n) is 7.02. The Labute approximate surface area is 177 Å². The maximum Gasteiger partial charge on any atom is 0.287 e. The summed E-state index contributed by atoms with van der Waals surface area (Å²) in [7, 11) is 3.82. The van der Waals surface area contributed by atoms with Gasteiger partial charge in [0.05, 0.1) is 5.39 Å². The Hall–Kier alpha value is -3.03. The van der Waals surface area contributed by atoms with Gasteiger partial charge < -0.3 is 14.6 Å². The Morgan fingerprint density at radius 1 is 1.13 bits per heavy atom. The number of hydrogen-bond donors (Lipinski definition) is 1. The summed E-state index contributed by atoms with van der Waals surface area (Å²) >= 11 is 5.98. The van der Waals surface area contributed by atoms with E-state index in [1.807, 2.05) is 19.0 Å². The molecule has 1 heterocycles. The lowest BCUT2D eigenvalue weighted by Gasteiger charge is -2.12. The van der Waals surface area contributed by atoms with E-state index in [-0.39, 0.29) is 27.3 Å². The highest BCUT2D eigenvalue weighted by atomic mass is 35.5. The summed E-state index contributed by atoms with van der Waals surface area (Å²) in [6, 6.07) is 9.07. The molecule has 0 fully saturated rings. The minimum Gasteiger partial charge on any atom is -0.450 e. The number of nitrogens with zero attached hydrogens (tertiary/aromatic N) is 1. The van der Waals surface area contributed by atoms with Crippen molar-refractivity contribution in [3.63, 3.8) is 0 Å². The van der Waals surface area contributed by atoms with Gasteiger partial charge in [-0.15, -0.1) is 0 Å². The fourth-order valence-electron chi connectivity index (χ4n) is 2.96. The van der Waals surface area contributed by atoms with Crippen molar-refractivity contribution in [1.82, 2.24) is 10.2 Å². The summed E-state index contributed by atoms with van der Waals surface area (Å²) in [5.74, 6) is -2.31. The quantitative estimate of drug-likeness (QED) is 0.458. The van der Waals surface area contributed by atoms with Crippen molar-refractivity contribution in [2.75, 3.05) is 27.2 Å². The number of hydrogen-bond acceptors (Lipinski definition) is 5. The van der Waals surface area contributed by atoms with Crippen molar-refractivity contribution >= 4 is 34.3 Å². The van der Waals surface area contributed by atoms with Crippen molar-refractivity contribution in [2.45, 2.75) is 6.42 Å². The fourth-order valence-corrected chi connectivity index (χ4v) is 3.13. The molecule has 30 heavy (non-hydrogen) atoms. The average Bonchev–Trinajstić information content (AvgIpc) is 2.71. The van der Waals surface area contributed by atoms with Gasteiger partial charge in [-0.1, -0.05) is 11.6 Å². The molecule has 156 valence electrons. The Bertz CT molecular complexity index is 1160. The van der Waals surface area contributed by atoms with Crippen molar-refractivity contribution in [3.05, 3.63) is 80.4 Å². The van der Waals surface area contributed by atoms with Crippen molar-refractivity contribution in [2.24, 2.45) is 0 Å². The first-order chi connectivity index (χ1) is 14.3.